The minimum Gasteiger partial charge on any atom is -0.384 e. The van der Waals surface area contributed by atoms with Crippen molar-refractivity contribution in [3.8, 4) is 0 Å². The smallest absolute Gasteiger partial charge is 0.242 e. The number of sulfonamides is 1. The van der Waals surface area contributed by atoms with E-state index in [9.17, 15) is 8.42 Å². The van der Waals surface area contributed by atoms with Gasteiger partial charge in [-0.15, -0.1) is 0 Å². The van der Waals surface area contributed by atoms with Crippen LogP contribution < -0.4 is 5.32 Å². The van der Waals surface area contributed by atoms with E-state index >= 15 is 0 Å². The zero-order chi connectivity index (χ0) is 14.9. The van der Waals surface area contributed by atoms with Crippen LogP contribution in [0.4, 0.5) is 5.69 Å². The Morgan fingerprint density at radius 1 is 1.24 bits per heavy atom. The Morgan fingerprint density at radius 3 is 2.76 bits per heavy atom. The number of hydrogen-bond donors (Lipinski definition) is 1. The van der Waals surface area contributed by atoms with E-state index in [0.717, 1.165) is 31.5 Å². The molecule has 0 atom stereocenters. The lowest BCUT2D eigenvalue weighted by molar-refractivity contribution is 0.300. The van der Waals surface area contributed by atoms with Crippen molar-refractivity contribution in [2.75, 3.05) is 25.5 Å². The summed E-state index contributed by atoms with van der Waals surface area (Å²) >= 11 is 0. The summed E-state index contributed by atoms with van der Waals surface area (Å²) in [5, 5.41) is 3.25. The largest absolute Gasteiger partial charge is 0.384 e. The maximum Gasteiger partial charge on any atom is 0.242 e. The molecule has 4 nitrogen and oxygen atoms in total. The lowest BCUT2D eigenvalue weighted by Gasteiger charge is -2.26. The van der Waals surface area contributed by atoms with Crippen molar-refractivity contribution < 1.29 is 8.42 Å². The van der Waals surface area contributed by atoms with Crippen molar-refractivity contribution in [3.05, 3.63) is 23.8 Å². The summed E-state index contributed by atoms with van der Waals surface area (Å²) in [6.07, 6.45) is 7.07. The van der Waals surface area contributed by atoms with Crippen LogP contribution >= 0.6 is 0 Å². The maximum atomic E-state index is 12.7. The van der Waals surface area contributed by atoms with Gasteiger partial charge in [-0.2, -0.15) is 0 Å². The van der Waals surface area contributed by atoms with Crippen LogP contribution in [-0.4, -0.2) is 32.9 Å². The molecule has 1 saturated carbocycles. The van der Waals surface area contributed by atoms with E-state index in [4.69, 9.17) is 0 Å². The van der Waals surface area contributed by atoms with Crippen molar-refractivity contribution >= 4 is 15.7 Å². The second-order valence-corrected chi connectivity index (χ2v) is 8.33. The molecule has 1 N–H and O–H groups in total. The van der Waals surface area contributed by atoms with Gasteiger partial charge in [0, 0.05) is 25.8 Å². The SMILES string of the molecule is CN(CC1CCCCC1)S(=O)(=O)c1ccc2c(c1)NCC2. The fourth-order valence-corrected chi connectivity index (χ4v) is 4.72. The molecule has 0 amide bonds. The van der Waals surface area contributed by atoms with E-state index < -0.39 is 10.0 Å². The van der Waals surface area contributed by atoms with E-state index in [2.05, 4.69) is 5.32 Å². The maximum absolute atomic E-state index is 12.7. The monoisotopic (exact) mass is 308 g/mol. The van der Waals surface area contributed by atoms with Crippen LogP contribution in [0.15, 0.2) is 23.1 Å². The van der Waals surface area contributed by atoms with Gasteiger partial charge in [0.25, 0.3) is 0 Å². The Bertz CT molecular complexity index is 607. The topological polar surface area (TPSA) is 49.4 Å². The molecule has 0 saturated heterocycles. The molecule has 0 radical (unpaired) electrons. The normalized spacial score (nSPS) is 19.5. The molecule has 0 aromatic heterocycles. The van der Waals surface area contributed by atoms with Crippen molar-refractivity contribution in [2.45, 2.75) is 43.4 Å². The number of fused-ring (bicyclic) bond motifs is 1. The third-order valence-electron chi connectivity index (χ3n) is 4.74. The predicted octanol–water partition coefficient (Wildman–Crippen LogP) is 2.86. The molecular formula is C16H24N2O2S. The van der Waals surface area contributed by atoms with E-state index in [1.807, 2.05) is 6.07 Å². The summed E-state index contributed by atoms with van der Waals surface area (Å²) in [5.74, 6) is 0.520. The summed E-state index contributed by atoms with van der Waals surface area (Å²) in [6, 6.07) is 5.48. The molecule has 1 fully saturated rings. The van der Waals surface area contributed by atoms with Crippen molar-refractivity contribution in [2.24, 2.45) is 5.92 Å². The first kappa shape index (κ1) is 14.9. The summed E-state index contributed by atoms with van der Waals surface area (Å²) in [7, 11) is -1.65. The molecule has 0 unspecified atom stereocenters. The highest BCUT2D eigenvalue weighted by Crippen LogP contribution is 2.29. The highest BCUT2D eigenvalue weighted by atomic mass is 32.2. The minimum absolute atomic E-state index is 0.411. The van der Waals surface area contributed by atoms with Gasteiger partial charge in [0.2, 0.25) is 10.0 Å². The molecule has 0 spiro atoms. The highest BCUT2D eigenvalue weighted by molar-refractivity contribution is 7.89. The first-order valence-corrected chi connectivity index (χ1v) is 9.34. The van der Waals surface area contributed by atoms with E-state index in [1.54, 1.807) is 23.5 Å². The van der Waals surface area contributed by atoms with Gasteiger partial charge in [-0.1, -0.05) is 25.3 Å². The van der Waals surface area contributed by atoms with Crippen LogP contribution in [0.5, 0.6) is 0 Å². The van der Waals surface area contributed by atoms with Crippen LogP contribution in [0.25, 0.3) is 0 Å². The average molecular weight is 308 g/mol. The number of anilines is 1. The molecular weight excluding hydrogens is 284 g/mol. The second kappa shape index (κ2) is 5.97. The predicted molar refractivity (Wildman–Crippen MR) is 85.0 cm³/mol. The summed E-state index contributed by atoms with van der Waals surface area (Å²) in [6.45, 7) is 1.55. The molecule has 1 aromatic carbocycles. The molecule has 1 aliphatic carbocycles. The summed E-state index contributed by atoms with van der Waals surface area (Å²) in [5.41, 5.74) is 2.19. The van der Waals surface area contributed by atoms with Gasteiger partial charge in [0.1, 0.15) is 0 Å². The van der Waals surface area contributed by atoms with Gasteiger partial charge >= 0.3 is 0 Å². The van der Waals surface area contributed by atoms with Crippen LogP contribution in [-0.2, 0) is 16.4 Å². The molecule has 5 heteroatoms. The lowest BCUT2D eigenvalue weighted by atomic mass is 9.89. The fourth-order valence-electron chi connectivity index (χ4n) is 3.44. The number of rotatable bonds is 4. The van der Waals surface area contributed by atoms with Gasteiger partial charge in [-0.05, 0) is 42.9 Å². The van der Waals surface area contributed by atoms with Gasteiger partial charge in [-0.25, -0.2) is 12.7 Å². The minimum atomic E-state index is -3.37. The van der Waals surface area contributed by atoms with Crippen molar-refractivity contribution in [1.82, 2.24) is 4.31 Å². The molecule has 3 rings (SSSR count). The Hall–Kier alpha value is -1.07. The van der Waals surface area contributed by atoms with Crippen molar-refractivity contribution in [1.29, 1.82) is 0 Å². The van der Waals surface area contributed by atoms with Gasteiger partial charge in [0.15, 0.2) is 0 Å². The molecule has 1 aromatic rings. The van der Waals surface area contributed by atoms with Gasteiger partial charge < -0.3 is 5.32 Å². The molecule has 116 valence electrons. The average Bonchev–Trinajstić information content (AvgIpc) is 2.95. The van der Waals surface area contributed by atoms with Crippen molar-refractivity contribution in [3.63, 3.8) is 0 Å². The lowest BCUT2D eigenvalue weighted by Crippen LogP contribution is -2.32. The van der Waals surface area contributed by atoms with E-state index in [1.165, 1.54) is 24.8 Å². The zero-order valence-electron chi connectivity index (χ0n) is 12.6. The molecule has 2 aliphatic rings. The van der Waals surface area contributed by atoms with Gasteiger partial charge in [-0.3, -0.25) is 0 Å². The summed E-state index contributed by atoms with van der Waals surface area (Å²) < 4.78 is 26.9. The van der Waals surface area contributed by atoms with E-state index in [-0.39, 0.29) is 0 Å². The van der Waals surface area contributed by atoms with E-state index in [0.29, 0.717) is 17.4 Å². The third-order valence-corrected chi connectivity index (χ3v) is 6.56. The number of nitrogens with zero attached hydrogens (tertiary/aromatic N) is 1. The third kappa shape index (κ3) is 3.09. The molecule has 1 aliphatic heterocycles. The molecule has 0 bridgehead atoms. The second-order valence-electron chi connectivity index (χ2n) is 6.29. The molecule has 21 heavy (non-hydrogen) atoms. The van der Waals surface area contributed by atoms with Crippen LogP contribution in [0.2, 0.25) is 0 Å². The van der Waals surface area contributed by atoms with Gasteiger partial charge in [0.05, 0.1) is 4.90 Å². The first-order valence-electron chi connectivity index (χ1n) is 7.90. The quantitative estimate of drug-likeness (QED) is 0.930. The van der Waals surface area contributed by atoms with Crippen LogP contribution in [0.1, 0.15) is 37.7 Å². The fraction of sp³-hybridized carbons (Fsp3) is 0.625. The highest BCUT2D eigenvalue weighted by Gasteiger charge is 2.26. The Morgan fingerprint density at radius 2 is 2.00 bits per heavy atom. The number of hydrogen-bond acceptors (Lipinski definition) is 3. The number of nitrogens with one attached hydrogen (secondary N) is 1. The number of benzene rings is 1. The Balaban J connectivity index is 1.75. The Labute approximate surface area is 127 Å². The van der Waals surface area contributed by atoms with Crippen LogP contribution in [0.3, 0.4) is 0 Å². The Kier molecular flexibility index (Phi) is 4.22. The van der Waals surface area contributed by atoms with Crippen LogP contribution in [0, 0.1) is 5.92 Å². The standard InChI is InChI=1S/C16H24N2O2S/c1-18(12-13-5-3-2-4-6-13)21(19,20)15-8-7-14-9-10-17-16(14)11-15/h7-8,11,13,17H,2-6,9-10,12H2,1H3. The first-order chi connectivity index (χ1) is 10.1. The molecule has 1 heterocycles. The zero-order valence-corrected chi connectivity index (χ0v) is 13.5. The summed E-state index contributed by atoms with van der Waals surface area (Å²) in [4.78, 5) is 0.411.